The second kappa shape index (κ2) is 11.1. The topological polar surface area (TPSA) is 84.5 Å². The number of anilines is 2. The van der Waals surface area contributed by atoms with E-state index < -0.39 is 36.2 Å². The van der Waals surface area contributed by atoms with Crippen molar-refractivity contribution in [1.82, 2.24) is 0 Å². The zero-order valence-corrected chi connectivity index (χ0v) is 20.7. The molecule has 0 spiro atoms. The first-order valence-electron chi connectivity index (χ1n) is 12.2. The van der Waals surface area contributed by atoms with E-state index in [-0.39, 0.29) is 31.0 Å². The Morgan fingerprint density at radius 1 is 0.921 bits per heavy atom. The molecule has 9 heteroatoms. The summed E-state index contributed by atoms with van der Waals surface area (Å²) in [5.74, 6) is -1.49. The molecule has 1 atom stereocenters. The Morgan fingerprint density at radius 2 is 1.55 bits per heavy atom. The number of hydrogen-bond acceptors (Lipinski definition) is 4. The Morgan fingerprint density at radius 3 is 2.18 bits per heavy atom. The van der Waals surface area contributed by atoms with Crippen LogP contribution in [-0.4, -0.2) is 30.6 Å². The molecule has 38 heavy (non-hydrogen) atoms. The van der Waals surface area contributed by atoms with Crippen molar-refractivity contribution in [2.24, 2.45) is 5.41 Å². The van der Waals surface area contributed by atoms with Crippen LogP contribution in [0.5, 0.6) is 0 Å². The molecule has 0 radical (unpaired) electrons. The third-order valence-corrected chi connectivity index (χ3v) is 6.54. The maximum atomic E-state index is 13.4. The van der Waals surface area contributed by atoms with E-state index in [9.17, 15) is 27.6 Å². The summed E-state index contributed by atoms with van der Waals surface area (Å²) in [5, 5.41) is 5.49. The number of aryl methyl sites for hydroxylation is 1. The van der Waals surface area contributed by atoms with Gasteiger partial charge in [0.25, 0.3) is 0 Å². The number of halogens is 3. The molecule has 3 aromatic carbocycles. The maximum absolute atomic E-state index is 13.4. The predicted molar refractivity (Wildman–Crippen MR) is 138 cm³/mol. The molecule has 0 saturated heterocycles. The van der Waals surface area contributed by atoms with Gasteiger partial charge in [-0.3, -0.25) is 9.59 Å². The first kappa shape index (κ1) is 26.9. The Balaban J connectivity index is 1.50. The number of ether oxygens (including phenoxy) is 1. The molecule has 2 N–H and O–H groups in total. The number of ketones is 1. The summed E-state index contributed by atoms with van der Waals surface area (Å²) in [7, 11) is 0. The molecule has 4 rings (SSSR count). The summed E-state index contributed by atoms with van der Waals surface area (Å²) < 4.78 is 45.2. The van der Waals surface area contributed by atoms with E-state index in [1.807, 2.05) is 18.2 Å². The summed E-state index contributed by atoms with van der Waals surface area (Å²) in [6.07, 6.45) is -6.45. The standard InChI is InChI=1S/C29H27F3N2O4/c1-2-38-25(35)17-28(18-29(30,31)32)15-14-21-16-20(10-13-24(21)26(28)36)19-8-11-23(12-9-19)34-27(37)33-22-6-4-3-5-7-22/h3-13,16H,2,14-15,17-18H2,1H3,(H2,33,34,37). The number of Topliss-reactive ketones (excluding diaryl/α,β-unsaturated/α-hetero) is 1. The van der Waals surface area contributed by atoms with Gasteiger partial charge >= 0.3 is 18.2 Å². The van der Waals surface area contributed by atoms with Gasteiger partial charge in [0.2, 0.25) is 0 Å². The van der Waals surface area contributed by atoms with Crippen LogP contribution in [0, 0.1) is 5.41 Å². The number of amides is 2. The van der Waals surface area contributed by atoms with Crippen LogP contribution in [0.4, 0.5) is 29.3 Å². The molecule has 2 amide bonds. The smallest absolute Gasteiger partial charge is 0.390 e. The normalized spacial score (nSPS) is 16.9. The van der Waals surface area contributed by atoms with Crippen LogP contribution < -0.4 is 10.6 Å². The molecule has 1 aliphatic carbocycles. The minimum absolute atomic E-state index is 0.0288. The number of benzene rings is 3. The van der Waals surface area contributed by atoms with Crippen LogP contribution in [0.15, 0.2) is 72.8 Å². The van der Waals surface area contributed by atoms with Crippen LogP contribution in [0.1, 0.15) is 42.1 Å². The maximum Gasteiger partial charge on any atom is 0.390 e. The van der Waals surface area contributed by atoms with Gasteiger partial charge in [0.15, 0.2) is 5.78 Å². The van der Waals surface area contributed by atoms with Gasteiger partial charge in [0.05, 0.1) is 24.9 Å². The van der Waals surface area contributed by atoms with E-state index in [1.165, 1.54) is 6.07 Å². The van der Waals surface area contributed by atoms with E-state index in [2.05, 4.69) is 10.6 Å². The summed E-state index contributed by atoms with van der Waals surface area (Å²) >= 11 is 0. The summed E-state index contributed by atoms with van der Waals surface area (Å²) in [6, 6.07) is 20.7. The van der Waals surface area contributed by atoms with E-state index in [4.69, 9.17) is 4.74 Å². The zero-order chi connectivity index (χ0) is 27.3. The molecule has 1 unspecified atom stereocenters. The fraction of sp³-hybridized carbons (Fsp3) is 0.276. The minimum atomic E-state index is -4.60. The number of carbonyl (C=O) groups excluding carboxylic acids is 3. The molecule has 6 nitrogen and oxygen atoms in total. The highest BCUT2D eigenvalue weighted by Crippen LogP contribution is 2.46. The number of carbonyl (C=O) groups is 3. The fourth-order valence-electron chi connectivity index (χ4n) is 4.81. The molecule has 0 saturated carbocycles. The number of urea groups is 1. The van der Waals surface area contributed by atoms with E-state index >= 15 is 0 Å². The lowest BCUT2D eigenvalue weighted by Crippen LogP contribution is -2.42. The number of rotatable bonds is 7. The minimum Gasteiger partial charge on any atom is -0.466 e. The molecule has 0 bridgehead atoms. The van der Waals surface area contributed by atoms with Crippen LogP contribution in [0.3, 0.4) is 0 Å². The summed E-state index contributed by atoms with van der Waals surface area (Å²) in [4.78, 5) is 37.7. The third kappa shape index (κ3) is 6.40. The highest BCUT2D eigenvalue weighted by molar-refractivity contribution is 6.05. The molecule has 0 aromatic heterocycles. The molecule has 0 aliphatic heterocycles. The van der Waals surface area contributed by atoms with Crippen molar-refractivity contribution in [3.05, 3.63) is 83.9 Å². The van der Waals surface area contributed by atoms with Gasteiger partial charge in [-0.2, -0.15) is 13.2 Å². The van der Waals surface area contributed by atoms with Crippen molar-refractivity contribution >= 4 is 29.2 Å². The van der Waals surface area contributed by atoms with Crippen molar-refractivity contribution in [3.8, 4) is 11.1 Å². The van der Waals surface area contributed by atoms with Gasteiger partial charge in [0.1, 0.15) is 0 Å². The second-order valence-corrected chi connectivity index (χ2v) is 9.28. The van der Waals surface area contributed by atoms with Crippen molar-refractivity contribution in [3.63, 3.8) is 0 Å². The molecule has 198 valence electrons. The van der Waals surface area contributed by atoms with Gasteiger partial charge in [-0.05, 0) is 60.7 Å². The first-order chi connectivity index (χ1) is 18.1. The Hall–Kier alpha value is -4.14. The van der Waals surface area contributed by atoms with Crippen LogP contribution in [0.2, 0.25) is 0 Å². The first-order valence-corrected chi connectivity index (χ1v) is 12.2. The van der Waals surface area contributed by atoms with Crippen molar-refractivity contribution in [2.75, 3.05) is 17.2 Å². The van der Waals surface area contributed by atoms with Gasteiger partial charge in [0, 0.05) is 16.9 Å². The van der Waals surface area contributed by atoms with E-state index in [1.54, 1.807) is 55.5 Å². The average Bonchev–Trinajstić information content (AvgIpc) is 2.86. The highest BCUT2D eigenvalue weighted by Gasteiger charge is 2.51. The Bertz CT molecular complexity index is 1320. The van der Waals surface area contributed by atoms with E-state index in [0.29, 0.717) is 16.9 Å². The number of hydrogen-bond donors (Lipinski definition) is 2. The highest BCUT2D eigenvalue weighted by atomic mass is 19.4. The monoisotopic (exact) mass is 524 g/mol. The van der Waals surface area contributed by atoms with Crippen LogP contribution in [-0.2, 0) is 16.0 Å². The molecule has 3 aromatic rings. The SMILES string of the molecule is CCOC(=O)CC1(CC(F)(F)F)CCc2cc(-c3ccc(NC(=O)Nc4ccccc4)cc3)ccc2C1=O. The summed E-state index contributed by atoms with van der Waals surface area (Å²) in [5.41, 5.74) is 1.80. The number of fused-ring (bicyclic) bond motifs is 1. The molecule has 0 fully saturated rings. The van der Waals surface area contributed by atoms with E-state index in [0.717, 1.165) is 11.1 Å². The predicted octanol–water partition coefficient (Wildman–Crippen LogP) is 7.02. The van der Waals surface area contributed by atoms with Gasteiger partial charge in [-0.15, -0.1) is 0 Å². The molecular weight excluding hydrogens is 497 g/mol. The van der Waals surface area contributed by atoms with Crippen LogP contribution >= 0.6 is 0 Å². The molecular formula is C29H27F3N2O4. The quantitative estimate of drug-likeness (QED) is 0.326. The van der Waals surface area contributed by atoms with Gasteiger partial charge < -0.3 is 15.4 Å². The van der Waals surface area contributed by atoms with Crippen molar-refractivity contribution in [2.45, 2.75) is 38.8 Å². The lowest BCUT2D eigenvalue weighted by molar-refractivity contribution is -0.162. The summed E-state index contributed by atoms with van der Waals surface area (Å²) in [6.45, 7) is 1.59. The van der Waals surface area contributed by atoms with Crippen LogP contribution in [0.25, 0.3) is 11.1 Å². The average molecular weight is 525 g/mol. The number of esters is 1. The lowest BCUT2D eigenvalue weighted by atomic mass is 9.66. The molecule has 0 heterocycles. The lowest BCUT2D eigenvalue weighted by Gasteiger charge is -2.36. The number of nitrogens with one attached hydrogen (secondary N) is 2. The number of para-hydroxylation sites is 1. The zero-order valence-electron chi connectivity index (χ0n) is 20.7. The molecule has 1 aliphatic rings. The van der Waals surface area contributed by atoms with Crippen molar-refractivity contribution in [1.29, 1.82) is 0 Å². The van der Waals surface area contributed by atoms with Crippen molar-refractivity contribution < 1.29 is 32.3 Å². The Labute approximate surface area is 218 Å². The second-order valence-electron chi connectivity index (χ2n) is 9.28. The fourth-order valence-corrected chi connectivity index (χ4v) is 4.81. The third-order valence-electron chi connectivity index (χ3n) is 6.54. The largest absolute Gasteiger partial charge is 0.466 e. The Kier molecular flexibility index (Phi) is 7.85. The van der Waals surface area contributed by atoms with Gasteiger partial charge in [-0.25, -0.2) is 4.79 Å². The van der Waals surface area contributed by atoms with Gasteiger partial charge in [-0.1, -0.05) is 48.5 Å². The number of alkyl halides is 3.